The number of carbonyl (C=O) groups is 1. The van der Waals surface area contributed by atoms with Crippen LogP contribution in [0.25, 0.3) is 6.08 Å². The van der Waals surface area contributed by atoms with E-state index < -0.39 is 0 Å². The van der Waals surface area contributed by atoms with E-state index in [1.54, 1.807) is 0 Å². The van der Waals surface area contributed by atoms with Crippen LogP contribution in [0.3, 0.4) is 0 Å². The molecule has 0 radical (unpaired) electrons. The van der Waals surface area contributed by atoms with Crippen molar-refractivity contribution in [1.82, 2.24) is 4.90 Å². The van der Waals surface area contributed by atoms with Crippen molar-refractivity contribution in [1.29, 1.82) is 0 Å². The molecule has 0 saturated carbocycles. The summed E-state index contributed by atoms with van der Waals surface area (Å²) in [5.41, 5.74) is 3.69. The number of nitrogens with zero attached hydrogens (tertiary/aromatic N) is 2. The van der Waals surface area contributed by atoms with Crippen LogP contribution in [0.1, 0.15) is 38.8 Å². The molecule has 1 aliphatic heterocycles. The number of carbonyl (C=O) groups excluding carboxylic acids is 1. The molecule has 1 aromatic rings. The lowest BCUT2D eigenvalue weighted by Crippen LogP contribution is -2.44. The van der Waals surface area contributed by atoms with Crippen molar-refractivity contribution >= 4 is 17.7 Å². The first-order valence-electron chi connectivity index (χ1n) is 8.74. The van der Waals surface area contributed by atoms with Crippen molar-refractivity contribution in [2.45, 2.75) is 33.1 Å². The van der Waals surface area contributed by atoms with Gasteiger partial charge in [-0.05, 0) is 42.7 Å². The molecule has 1 saturated heterocycles. The van der Waals surface area contributed by atoms with E-state index in [-0.39, 0.29) is 11.4 Å². The van der Waals surface area contributed by atoms with Gasteiger partial charge < -0.3 is 14.5 Å². The maximum atomic E-state index is 11.6. The molecular formula is C20H30N2O2. The number of likely N-dealkylation sites (N-methyl/N-ethyl adjacent to an activating group) is 1. The summed E-state index contributed by atoms with van der Waals surface area (Å²) in [6.07, 6.45) is 3.40. The van der Waals surface area contributed by atoms with E-state index in [4.69, 9.17) is 4.74 Å². The molecule has 0 N–H and O–H groups in total. The first-order chi connectivity index (χ1) is 11.3. The first-order valence-corrected chi connectivity index (χ1v) is 8.74. The molecule has 0 unspecified atom stereocenters. The fraction of sp³-hybridized carbons (Fsp3) is 0.550. The van der Waals surface area contributed by atoms with Crippen LogP contribution in [-0.4, -0.2) is 50.7 Å². The Morgan fingerprint density at radius 3 is 2.46 bits per heavy atom. The number of hydrogen-bond donors (Lipinski definition) is 0. The van der Waals surface area contributed by atoms with Gasteiger partial charge in [-0.15, -0.1) is 0 Å². The summed E-state index contributed by atoms with van der Waals surface area (Å²) < 4.78 is 4.99. The van der Waals surface area contributed by atoms with E-state index in [9.17, 15) is 4.79 Å². The summed E-state index contributed by atoms with van der Waals surface area (Å²) in [5.74, 6) is -0.290. The number of rotatable bonds is 4. The normalized spacial score (nSPS) is 16.6. The Hall–Kier alpha value is -1.81. The summed E-state index contributed by atoms with van der Waals surface area (Å²) in [6.45, 7) is 13.0. The van der Waals surface area contributed by atoms with E-state index in [0.29, 0.717) is 6.61 Å². The summed E-state index contributed by atoms with van der Waals surface area (Å²) in [7, 11) is 2.16. The molecule has 1 fully saturated rings. The highest BCUT2D eigenvalue weighted by Crippen LogP contribution is 2.30. The molecule has 0 atom stereocenters. The third kappa shape index (κ3) is 4.84. The number of esters is 1. The topological polar surface area (TPSA) is 32.8 Å². The van der Waals surface area contributed by atoms with Gasteiger partial charge in [0.25, 0.3) is 0 Å². The highest BCUT2D eigenvalue weighted by Gasteiger charge is 2.20. The first kappa shape index (κ1) is 18.5. The second kappa shape index (κ2) is 7.84. The van der Waals surface area contributed by atoms with Gasteiger partial charge in [0, 0.05) is 37.9 Å². The number of ether oxygens (including phenoxy) is 1. The smallest absolute Gasteiger partial charge is 0.330 e. The van der Waals surface area contributed by atoms with E-state index in [1.807, 2.05) is 13.0 Å². The van der Waals surface area contributed by atoms with Gasteiger partial charge in [0.1, 0.15) is 0 Å². The number of hydrogen-bond acceptors (Lipinski definition) is 4. The molecule has 0 spiro atoms. The summed E-state index contributed by atoms with van der Waals surface area (Å²) in [6, 6.07) is 6.55. The zero-order valence-electron chi connectivity index (χ0n) is 15.6. The van der Waals surface area contributed by atoms with Gasteiger partial charge >= 0.3 is 5.97 Å². The van der Waals surface area contributed by atoms with Crippen molar-refractivity contribution in [3.05, 3.63) is 35.4 Å². The van der Waals surface area contributed by atoms with Crippen molar-refractivity contribution in [3.63, 3.8) is 0 Å². The van der Waals surface area contributed by atoms with E-state index in [2.05, 4.69) is 55.8 Å². The SMILES string of the molecule is CCOC(=O)/C=C/c1ccc(C(C)(C)C)cc1N1CCN(C)CC1. The molecule has 0 bridgehead atoms. The van der Waals surface area contributed by atoms with Crippen LogP contribution in [0.2, 0.25) is 0 Å². The molecule has 0 aromatic heterocycles. The molecule has 4 heteroatoms. The molecule has 0 amide bonds. The quantitative estimate of drug-likeness (QED) is 0.626. The lowest BCUT2D eigenvalue weighted by molar-refractivity contribution is -0.137. The Bertz CT molecular complexity index is 594. The lowest BCUT2D eigenvalue weighted by Gasteiger charge is -2.35. The van der Waals surface area contributed by atoms with Gasteiger partial charge in [0.05, 0.1) is 6.61 Å². The monoisotopic (exact) mass is 330 g/mol. The lowest BCUT2D eigenvalue weighted by atomic mass is 9.86. The summed E-state index contributed by atoms with van der Waals surface area (Å²) in [4.78, 5) is 16.4. The van der Waals surface area contributed by atoms with Crippen molar-refractivity contribution in [2.75, 3.05) is 44.7 Å². The van der Waals surface area contributed by atoms with Crippen LogP contribution < -0.4 is 4.90 Å². The molecule has 1 aliphatic rings. The summed E-state index contributed by atoms with van der Waals surface area (Å²) >= 11 is 0. The van der Waals surface area contributed by atoms with E-state index in [1.165, 1.54) is 17.3 Å². The van der Waals surface area contributed by atoms with Crippen molar-refractivity contribution in [2.24, 2.45) is 0 Å². The molecule has 24 heavy (non-hydrogen) atoms. The maximum Gasteiger partial charge on any atom is 0.330 e. The zero-order valence-corrected chi connectivity index (χ0v) is 15.6. The van der Waals surface area contributed by atoms with E-state index >= 15 is 0 Å². The number of benzene rings is 1. The Morgan fingerprint density at radius 2 is 1.88 bits per heavy atom. The average Bonchev–Trinajstić information content (AvgIpc) is 2.53. The highest BCUT2D eigenvalue weighted by molar-refractivity contribution is 5.88. The van der Waals surface area contributed by atoms with Gasteiger partial charge in [-0.3, -0.25) is 0 Å². The van der Waals surface area contributed by atoms with Gasteiger partial charge in [-0.1, -0.05) is 32.9 Å². The Balaban J connectivity index is 2.33. The fourth-order valence-corrected chi connectivity index (χ4v) is 2.82. The van der Waals surface area contributed by atoms with Crippen LogP contribution in [0.5, 0.6) is 0 Å². The minimum Gasteiger partial charge on any atom is -0.463 e. The largest absolute Gasteiger partial charge is 0.463 e. The van der Waals surface area contributed by atoms with Gasteiger partial charge in [-0.25, -0.2) is 4.79 Å². The molecule has 2 rings (SSSR count). The van der Waals surface area contributed by atoms with Crippen LogP contribution in [0.4, 0.5) is 5.69 Å². The Labute approximate surface area is 146 Å². The van der Waals surface area contributed by atoms with Gasteiger partial charge in [0.2, 0.25) is 0 Å². The van der Waals surface area contributed by atoms with Crippen LogP contribution >= 0.6 is 0 Å². The standard InChI is InChI=1S/C20H30N2O2/c1-6-24-19(23)10-8-16-7-9-17(20(2,3)4)15-18(16)22-13-11-21(5)12-14-22/h7-10,15H,6,11-14H2,1-5H3/b10-8+. The van der Waals surface area contributed by atoms with Gasteiger partial charge in [0.15, 0.2) is 0 Å². The minimum absolute atomic E-state index is 0.102. The maximum absolute atomic E-state index is 11.6. The van der Waals surface area contributed by atoms with Crippen molar-refractivity contribution in [3.8, 4) is 0 Å². The fourth-order valence-electron chi connectivity index (χ4n) is 2.82. The van der Waals surface area contributed by atoms with E-state index in [0.717, 1.165) is 31.7 Å². The second-order valence-electron chi connectivity index (χ2n) is 7.40. The van der Waals surface area contributed by atoms with Crippen LogP contribution in [0.15, 0.2) is 24.3 Å². The van der Waals surface area contributed by atoms with Crippen LogP contribution in [0, 0.1) is 0 Å². The Kier molecular flexibility index (Phi) is 6.05. The number of anilines is 1. The van der Waals surface area contributed by atoms with Gasteiger partial charge in [-0.2, -0.15) is 0 Å². The molecule has 0 aliphatic carbocycles. The molecule has 4 nitrogen and oxygen atoms in total. The van der Waals surface area contributed by atoms with Crippen molar-refractivity contribution < 1.29 is 9.53 Å². The highest BCUT2D eigenvalue weighted by atomic mass is 16.5. The summed E-state index contributed by atoms with van der Waals surface area (Å²) in [5, 5.41) is 0. The molecular weight excluding hydrogens is 300 g/mol. The average molecular weight is 330 g/mol. The molecule has 132 valence electrons. The number of piperazine rings is 1. The third-order valence-electron chi connectivity index (χ3n) is 4.43. The second-order valence-corrected chi connectivity index (χ2v) is 7.40. The third-order valence-corrected chi connectivity index (χ3v) is 4.43. The van der Waals surface area contributed by atoms with Crippen LogP contribution in [-0.2, 0) is 14.9 Å². The molecule has 1 heterocycles. The zero-order chi connectivity index (χ0) is 17.7. The molecule has 1 aromatic carbocycles. The predicted molar refractivity (Wildman–Crippen MR) is 101 cm³/mol. The minimum atomic E-state index is -0.290. The Morgan fingerprint density at radius 1 is 1.21 bits per heavy atom. The predicted octanol–water partition coefficient (Wildman–Crippen LogP) is 3.31.